The third-order valence-electron chi connectivity index (χ3n) is 3.10. The quantitative estimate of drug-likeness (QED) is 0.771. The molecule has 0 spiro atoms. The zero-order valence-electron chi connectivity index (χ0n) is 10.4. The van der Waals surface area contributed by atoms with Gasteiger partial charge in [0, 0.05) is 18.6 Å². The van der Waals surface area contributed by atoms with Crippen molar-refractivity contribution in [1.29, 1.82) is 0 Å². The molecular weight excluding hydrogens is 188 g/mol. The van der Waals surface area contributed by atoms with Crippen LogP contribution in [0.4, 0.5) is 0 Å². The number of carbonyl (C=O) groups is 1. The summed E-state index contributed by atoms with van der Waals surface area (Å²) < 4.78 is 0. The zero-order chi connectivity index (χ0) is 11.4. The van der Waals surface area contributed by atoms with Crippen molar-refractivity contribution in [2.24, 2.45) is 5.92 Å². The lowest BCUT2D eigenvalue weighted by atomic mass is 9.95. The van der Waals surface area contributed by atoms with Crippen LogP contribution >= 0.6 is 0 Å². The molecule has 1 amide bonds. The maximum absolute atomic E-state index is 11.9. The summed E-state index contributed by atoms with van der Waals surface area (Å²) in [5.41, 5.74) is 0. The van der Waals surface area contributed by atoms with E-state index in [1.165, 1.54) is 6.42 Å². The SMILES string of the molecule is CC1CCC(C)N(C(=O)CNC(C)C)C1. The first kappa shape index (κ1) is 12.5. The van der Waals surface area contributed by atoms with Gasteiger partial charge in [0.15, 0.2) is 0 Å². The van der Waals surface area contributed by atoms with Gasteiger partial charge in [-0.05, 0) is 25.7 Å². The fraction of sp³-hybridized carbons (Fsp3) is 0.917. The van der Waals surface area contributed by atoms with Crippen LogP contribution in [0.3, 0.4) is 0 Å². The molecule has 2 atom stereocenters. The molecule has 1 rings (SSSR count). The fourth-order valence-electron chi connectivity index (χ4n) is 2.03. The second-order valence-corrected chi connectivity index (χ2v) is 5.11. The number of piperidine rings is 1. The van der Waals surface area contributed by atoms with Gasteiger partial charge in [-0.3, -0.25) is 4.79 Å². The molecule has 88 valence electrons. The first-order valence-corrected chi connectivity index (χ1v) is 6.03. The molecule has 0 aromatic heterocycles. The largest absolute Gasteiger partial charge is 0.339 e. The number of hydrogen-bond donors (Lipinski definition) is 1. The van der Waals surface area contributed by atoms with E-state index in [0.29, 0.717) is 24.5 Å². The maximum atomic E-state index is 11.9. The van der Waals surface area contributed by atoms with Crippen LogP contribution in [-0.2, 0) is 4.79 Å². The van der Waals surface area contributed by atoms with Crippen LogP contribution in [0, 0.1) is 5.92 Å². The van der Waals surface area contributed by atoms with Gasteiger partial charge < -0.3 is 10.2 Å². The molecule has 1 saturated heterocycles. The van der Waals surface area contributed by atoms with Crippen LogP contribution in [0.2, 0.25) is 0 Å². The smallest absolute Gasteiger partial charge is 0.236 e. The molecule has 1 N–H and O–H groups in total. The van der Waals surface area contributed by atoms with Crippen LogP contribution in [0.15, 0.2) is 0 Å². The van der Waals surface area contributed by atoms with Crippen LogP contribution < -0.4 is 5.32 Å². The normalized spacial score (nSPS) is 27.1. The third-order valence-corrected chi connectivity index (χ3v) is 3.10. The summed E-state index contributed by atoms with van der Waals surface area (Å²) in [6.07, 6.45) is 2.40. The van der Waals surface area contributed by atoms with Crippen molar-refractivity contribution < 1.29 is 4.79 Å². The van der Waals surface area contributed by atoms with Crippen LogP contribution in [0.5, 0.6) is 0 Å². The molecule has 0 aliphatic carbocycles. The molecule has 1 aliphatic rings. The number of likely N-dealkylation sites (tertiary alicyclic amines) is 1. The van der Waals surface area contributed by atoms with Crippen molar-refractivity contribution in [3.8, 4) is 0 Å². The van der Waals surface area contributed by atoms with E-state index in [0.717, 1.165) is 13.0 Å². The summed E-state index contributed by atoms with van der Waals surface area (Å²) >= 11 is 0. The summed E-state index contributed by atoms with van der Waals surface area (Å²) in [7, 11) is 0. The number of hydrogen-bond acceptors (Lipinski definition) is 2. The summed E-state index contributed by atoms with van der Waals surface area (Å²) in [6, 6.07) is 0.800. The first-order valence-electron chi connectivity index (χ1n) is 6.03. The third kappa shape index (κ3) is 3.82. The average molecular weight is 212 g/mol. The Bertz CT molecular complexity index is 216. The molecule has 3 heteroatoms. The predicted molar refractivity (Wildman–Crippen MR) is 62.7 cm³/mol. The molecule has 3 nitrogen and oxygen atoms in total. The van der Waals surface area contributed by atoms with Crippen molar-refractivity contribution in [2.75, 3.05) is 13.1 Å². The molecule has 0 radical (unpaired) electrons. The van der Waals surface area contributed by atoms with Gasteiger partial charge in [-0.2, -0.15) is 0 Å². The predicted octanol–water partition coefficient (Wildman–Crippen LogP) is 1.63. The second-order valence-electron chi connectivity index (χ2n) is 5.11. The Balaban J connectivity index is 2.42. The number of rotatable bonds is 3. The molecular formula is C12H24N2O. The highest BCUT2D eigenvalue weighted by atomic mass is 16.2. The lowest BCUT2D eigenvalue weighted by Crippen LogP contribution is -2.48. The summed E-state index contributed by atoms with van der Waals surface area (Å²) in [6.45, 7) is 9.92. The maximum Gasteiger partial charge on any atom is 0.236 e. The fourth-order valence-corrected chi connectivity index (χ4v) is 2.03. The van der Waals surface area contributed by atoms with Gasteiger partial charge in [0.25, 0.3) is 0 Å². The molecule has 0 aromatic rings. The van der Waals surface area contributed by atoms with E-state index in [1.54, 1.807) is 0 Å². The van der Waals surface area contributed by atoms with Gasteiger partial charge in [0.1, 0.15) is 0 Å². The number of carbonyl (C=O) groups excluding carboxylic acids is 1. The van der Waals surface area contributed by atoms with Crippen molar-refractivity contribution >= 4 is 5.91 Å². The van der Waals surface area contributed by atoms with Gasteiger partial charge in [-0.1, -0.05) is 20.8 Å². The number of amides is 1. The van der Waals surface area contributed by atoms with E-state index in [-0.39, 0.29) is 5.91 Å². The summed E-state index contributed by atoms with van der Waals surface area (Å²) in [5.74, 6) is 0.909. The van der Waals surface area contributed by atoms with Crippen LogP contribution in [-0.4, -0.2) is 36.0 Å². The molecule has 0 bridgehead atoms. The summed E-state index contributed by atoms with van der Waals surface area (Å²) in [4.78, 5) is 14.0. The van der Waals surface area contributed by atoms with Gasteiger partial charge >= 0.3 is 0 Å². The van der Waals surface area contributed by atoms with E-state index in [4.69, 9.17) is 0 Å². The van der Waals surface area contributed by atoms with Crippen molar-refractivity contribution in [3.05, 3.63) is 0 Å². The van der Waals surface area contributed by atoms with Crippen molar-refractivity contribution in [1.82, 2.24) is 10.2 Å². The molecule has 0 saturated carbocycles. The first-order chi connectivity index (χ1) is 7.00. The Labute approximate surface area is 93.2 Å². The highest BCUT2D eigenvalue weighted by molar-refractivity contribution is 5.78. The molecule has 1 aliphatic heterocycles. The average Bonchev–Trinajstić information content (AvgIpc) is 2.18. The highest BCUT2D eigenvalue weighted by Gasteiger charge is 2.26. The Morgan fingerprint density at radius 1 is 1.40 bits per heavy atom. The van der Waals surface area contributed by atoms with E-state index in [9.17, 15) is 4.79 Å². The van der Waals surface area contributed by atoms with Crippen LogP contribution in [0.1, 0.15) is 40.5 Å². The van der Waals surface area contributed by atoms with Crippen molar-refractivity contribution in [2.45, 2.75) is 52.6 Å². The number of nitrogens with zero attached hydrogens (tertiary/aromatic N) is 1. The second kappa shape index (κ2) is 5.50. The lowest BCUT2D eigenvalue weighted by molar-refractivity contribution is -0.134. The zero-order valence-corrected chi connectivity index (χ0v) is 10.4. The van der Waals surface area contributed by atoms with E-state index < -0.39 is 0 Å². The van der Waals surface area contributed by atoms with E-state index in [1.807, 2.05) is 4.90 Å². The molecule has 15 heavy (non-hydrogen) atoms. The number of nitrogens with one attached hydrogen (secondary N) is 1. The Morgan fingerprint density at radius 3 is 2.67 bits per heavy atom. The monoisotopic (exact) mass is 212 g/mol. The van der Waals surface area contributed by atoms with Crippen molar-refractivity contribution in [3.63, 3.8) is 0 Å². The summed E-state index contributed by atoms with van der Waals surface area (Å²) in [5, 5.41) is 3.19. The van der Waals surface area contributed by atoms with E-state index >= 15 is 0 Å². The van der Waals surface area contributed by atoms with E-state index in [2.05, 4.69) is 33.0 Å². The highest BCUT2D eigenvalue weighted by Crippen LogP contribution is 2.21. The van der Waals surface area contributed by atoms with Gasteiger partial charge in [0.2, 0.25) is 5.91 Å². The van der Waals surface area contributed by atoms with Crippen LogP contribution in [0.25, 0.3) is 0 Å². The minimum atomic E-state index is 0.253. The van der Waals surface area contributed by atoms with Gasteiger partial charge in [0.05, 0.1) is 6.54 Å². The molecule has 1 fully saturated rings. The van der Waals surface area contributed by atoms with Gasteiger partial charge in [-0.15, -0.1) is 0 Å². The lowest BCUT2D eigenvalue weighted by Gasteiger charge is -2.37. The molecule has 2 unspecified atom stereocenters. The Hall–Kier alpha value is -0.570. The minimum absolute atomic E-state index is 0.253. The topological polar surface area (TPSA) is 32.3 Å². The molecule has 0 aromatic carbocycles. The Morgan fingerprint density at radius 2 is 2.07 bits per heavy atom. The Kier molecular flexibility index (Phi) is 4.58. The van der Waals surface area contributed by atoms with Gasteiger partial charge in [-0.25, -0.2) is 0 Å². The minimum Gasteiger partial charge on any atom is -0.339 e. The standard InChI is InChI=1S/C12H24N2O/c1-9(2)13-7-12(15)14-8-10(3)5-6-11(14)4/h9-11,13H,5-8H2,1-4H3. The molecule has 1 heterocycles.